The van der Waals surface area contributed by atoms with Gasteiger partial charge in [-0.25, -0.2) is 4.98 Å². The molecule has 0 saturated heterocycles. The van der Waals surface area contributed by atoms with Crippen molar-refractivity contribution in [2.24, 2.45) is 0 Å². The van der Waals surface area contributed by atoms with Crippen molar-refractivity contribution in [1.29, 1.82) is 0 Å². The summed E-state index contributed by atoms with van der Waals surface area (Å²) in [4.78, 5) is 6.85. The molecule has 1 saturated carbocycles. The maximum atomic E-state index is 12.0. The Balaban J connectivity index is 2.11. The molecule has 16 heavy (non-hydrogen) atoms. The SMILES string of the molecule is FC(F)(F)CCc1nc(=S)cc(C2CC2)[nH]1. The van der Waals surface area contributed by atoms with Crippen LogP contribution in [0.1, 0.15) is 36.7 Å². The van der Waals surface area contributed by atoms with Gasteiger partial charge in [0.1, 0.15) is 10.5 Å². The van der Waals surface area contributed by atoms with Crippen molar-refractivity contribution in [3.8, 4) is 0 Å². The summed E-state index contributed by atoms with van der Waals surface area (Å²) >= 11 is 4.93. The molecule has 0 atom stereocenters. The Kier molecular flexibility index (Phi) is 3.01. The van der Waals surface area contributed by atoms with Crippen molar-refractivity contribution < 1.29 is 13.2 Å². The van der Waals surface area contributed by atoms with E-state index in [1.54, 1.807) is 6.07 Å². The largest absolute Gasteiger partial charge is 0.389 e. The standard InChI is InChI=1S/C10H11F3N2S/c11-10(12,13)4-3-8-14-7(6-1-2-6)5-9(16)15-8/h5-6H,1-4H2,(H,14,15,16). The van der Waals surface area contributed by atoms with E-state index in [4.69, 9.17) is 12.2 Å². The van der Waals surface area contributed by atoms with Crippen molar-refractivity contribution in [2.45, 2.75) is 37.8 Å². The molecule has 6 heteroatoms. The average Bonchev–Trinajstić information content (AvgIpc) is 2.95. The van der Waals surface area contributed by atoms with Crippen LogP contribution >= 0.6 is 12.2 Å². The van der Waals surface area contributed by atoms with Gasteiger partial charge in [-0.3, -0.25) is 0 Å². The van der Waals surface area contributed by atoms with Gasteiger partial charge in [-0.1, -0.05) is 12.2 Å². The summed E-state index contributed by atoms with van der Waals surface area (Å²) in [5.41, 5.74) is 0.928. The van der Waals surface area contributed by atoms with Crippen LogP contribution in [0.25, 0.3) is 0 Å². The third kappa shape index (κ3) is 3.30. The number of nitrogens with zero attached hydrogens (tertiary/aromatic N) is 1. The molecule has 1 N–H and O–H groups in total. The first-order valence-electron chi connectivity index (χ1n) is 5.11. The maximum Gasteiger partial charge on any atom is 0.389 e. The fourth-order valence-electron chi connectivity index (χ4n) is 1.52. The summed E-state index contributed by atoms with van der Waals surface area (Å²) < 4.78 is 36.5. The van der Waals surface area contributed by atoms with Gasteiger partial charge in [0.2, 0.25) is 0 Å². The van der Waals surface area contributed by atoms with Gasteiger partial charge in [0.05, 0.1) is 6.42 Å². The monoisotopic (exact) mass is 248 g/mol. The molecule has 0 spiro atoms. The van der Waals surface area contributed by atoms with Gasteiger partial charge in [0, 0.05) is 12.1 Å². The molecular weight excluding hydrogens is 237 g/mol. The first-order chi connectivity index (χ1) is 7.44. The lowest BCUT2D eigenvalue weighted by Gasteiger charge is -2.07. The quantitative estimate of drug-likeness (QED) is 0.829. The molecule has 0 aliphatic heterocycles. The number of aromatic amines is 1. The molecule has 1 heterocycles. The Hall–Kier alpha value is -0.910. The van der Waals surface area contributed by atoms with Gasteiger partial charge in [-0.05, 0) is 24.8 Å². The summed E-state index contributed by atoms with van der Waals surface area (Å²) in [7, 11) is 0. The molecule has 2 nitrogen and oxygen atoms in total. The first kappa shape index (κ1) is 11.6. The first-order valence-corrected chi connectivity index (χ1v) is 5.52. The highest BCUT2D eigenvalue weighted by Crippen LogP contribution is 2.38. The number of H-pyrrole nitrogens is 1. The van der Waals surface area contributed by atoms with Crippen LogP contribution < -0.4 is 0 Å². The van der Waals surface area contributed by atoms with Crippen LogP contribution in [0.4, 0.5) is 13.2 Å². The lowest BCUT2D eigenvalue weighted by atomic mass is 10.2. The topological polar surface area (TPSA) is 28.7 Å². The van der Waals surface area contributed by atoms with E-state index in [1.807, 2.05) is 0 Å². The number of halogens is 3. The smallest absolute Gasteiger partial charge is 0.347 e. The molecule has 1 aliphatic rings. The van der Waals surface area contributed by atoms with Crippen LogP contribution in [0.5, 0.6) is 0 Å². The highest BCUT2D eigenvalue weighted by molar-refractivity contribution is 7.71. The Morgan fingerprint density at radius 3 is 2.69 bits per heavy atom. The van der Waals surface area contributed by atoms with Gasteiger partial charge in [0.15, 0.2) is 0 Å². The number of aryl methyl sites for hydroxylation is 1. The number of hydrogen-bond donors (Lipinski definition) is 1. The van der Waals surface area contributed by atoms with Crippen molar-refractivity contribution in [3.05, 3.63) is 22.2 Å². The normalized spacial score (nSPS) is 16.4. The molecule has 1 aromatic rings. The molecule has 0 unspecified atom stereocenters. The third-order valence-electron chi connectivity index (χ3n) is 2.48. The van der Waals surface area contributed by atoms with Crippen LogP contribution in [-0.4, -0.2) is 16.1 Å². The van der Waals surface area contributed by atoms with E-state index in [9.17, 15) is 13.2 Å². The molecule has 0 radical (unpaired) electrons. The minimum atomic E-state index is -4.15. The Morgan fingerprint density at radius 2 is 2.12 bits per heavy atom. The van der Waals surface area contributed by atoms with E-state index in [0.717, 1.165) is 18.5 Å². The van der Waals surface area contributed by atoms with Gasteiger partial charge in [-0.2, -0.15) is 13.2 Å². The third-order valence-corrected chi connectivity index (χ3v) is 2.68. The molecular formula is C10H11F3N2S. The molecule has 0 bridgehead atoms. The maximum absolute atomic E-state index is 12.0. The summed E-state index contributed by atoms with van der Waals surface area (Å²) in [5, 5.41) is 0. The minimum absolute atomic E-state index is 0.131. The van der Waals surface area contributed by atoms with Crippen LogP contribution in [0.15, 0.2) is 6.07 Å². The average molecular weight is 248 g/mol. The van der Waals surface area contributed by atoms with Crippen molar-refractivity contribution in [3.63, 3.8) is 0 Å². The van der Waals surface area contributed by atoms with Gasteiger partial charge in [-0.15, -0.1) is 0 Å². The van der Waals surface area contributed by atoms with E-state index >= 15 is 0 Å². The van der Waals surface area contributed by atoms with Gasteiger partial charge < -0.3 is 4.98 Å². The van der Waals surface area contributed by atoms with Crippen LogP contribution in [0.3, 0.4) is 0 Å². The molecule has 2 rings (SSSR count). The zero-order valence-corrected chi connectivity index (χ0v) is 9.29. The van der Waals surface area contributed by atoms with E-state index in [0.29, 0.717) is 16.4 Å². The fourth-order valence-corrected chi connectivity index (χ4v) is 1.76. The number of alkyl halides is 3. The second kappa shape index (κ2) is 4.16. The van der Waals surface area contributed by atoms with Gasteiger partial charge in [0.25, 0.3) is 0 Å². The van der Waals surface area contributed by atoms with E-state index in [1.165, 1.54) is 0 Å². The Bertz CT molecular complexity index is 434. The predicted octanol–water partition coefficient (Wildman–Crippen LogP) is 3.51. The Labute approximate surface area is 95.9 Å². The number of nitrogens with one attached hydrogen (secondary N) is 1. The summed E-state index contributed by atoms with van der Waals surface area (Å²) in [5.74, 6) is 0.779. The van der Waals surface area contributed by atoms with Crippen LogP contribution in [0, 0.1) is 4.64 Å². The molecule has 1 aliphatic carbocycles. The fraction of sp³-hybridized carbons (Fsp3) is 0.600. The molecule has 1 aromatic heterocycles. The van der Waals surface area contributed by atoms with Crippen LogP contribution in [-0.2, 0) is 6.42 Å². The number of aromatic nitrogens is 2. The molecule has 1 fully saturated rings. The minimum Gasteiger partial charge on any atom is -0.347 e. The lowest BCUT2D eigenvalue weighted by molar-refractivity contribution is -0.134. The highest BCUT2D eigenvalue weighted by atomic mass is 32.1. The highest BCUT2D eigenvalue weighted by Gasteiger charge is 2.28. The van der Waals surface area contributed by atoms with Crippen molar-refractivity contribution in [1.82, 2.24) is 9.97 Å². The number of rotatable bonds is 3. The van der Waals surface area contributed by atoms with Crippen molar-refractivity contribution >= 4 is 12.2 Å². The molecule has 0 aromatic carbocycles. The molecule has 0 amide bonds. The zero-order valence-electron chi connectivity index (χ0n) is 8.47. The summed E-state index contributed by atoms with van der Waals surface area (Å²) in [6, 6.07) is 1.74. The van der Waals surface area contributed by atoms with E-state index in [-0.39, 0.29) is 6.42 Å². The second-order valence-corrected chi connectivity index (χ2v) is 4.43. The van der Waals surface area contributed by atoms with Crippen molar-refractivity contribution in [2.75, 3.05) is 0 Å². The van der Waals surface area contributed by atoms with E-state index < -0.39 is 12.6 Å². The lowest BCUT2D eigenvalue weighted by Crippen LogP contribution is -2.10. The predicted molar refractivity (Wildman–Crippen MR) is 55.8 cm³/mol. The zero-order chi connectivity index (χ0) is 11.8. The Morgan fingerprint density at radius 1 is 1.44 bits per heavy atom. The number of hydrogen-bond acceptors (Lipinski definition) is 2. The van der Waals surface area contributed by atoms with Gasteiger partial charge >= 0.3 is 6.18 Å². The molecule has 88 valence electrons. The summed E-state index contributed by atoms with van der Waals surface area (Å²) in [6.45, 7) is 0. The van der Waals surface area contributed by atoms with E-state index in [2.05, 4.69) is 9.97 Å². The van der Waals surface area contributed by atoms with Crippen LogP contribution in [0.2, 0.25) is 0 Å². The second-order valence-electron chi connectivity index (χ2n) is 4.01. The summed E-state index contributed by atoms with van der Waals surface area (Å²) in [6.07, 6.45) is -2.98.